The lowest BCUT2D eigenvalue weighted by Crippen LogP contribution is -2.32. The van der Waals surface area contributed by atoms with Gasteiger partial charge in [-0.15, -0.1) is 0 Å². The maximum atomic E-state index is 11.5. The van der Waals surface area contributed by atoms with E-state index in [0.29, 0.717) is 17.6 Å². The molecular weight excluding hydrogens is 304 g/mol. The first-order chi connectivity index (χ1) is 8.56. The van der Waals surface area contributed by atoms with Crippen molar-refractivity contribution in [2.75, 3.05) is 25.6 Å². The van der Waals surface area contributed by atoms with Crippen LogP contribution in [-0.4, -0.2) is 37.4 Å². The van der Waals surface area contributed by atoms with Crippen LogP contribution in [0, 0.1) is 0 Å². The maximum absolute atomic E-state index is 11.5. The second-order valence-corrected chi connectivity index (χ2v) is 4.20. The molecule has 1 rings (SSSR count). The Morgan fingerprint density at radius 1 is 1.44 bits per heavy atom. The minimum atomic E-state index is -1.11. The van der Waals surface area contributed by atoms with Gasteiger partial charge in [0.05, 0.1) is 17.9 Å². The highest BCUT2D eigenvalue weighted by atomic mass is 79.9. The molecule has 6 nitrogen and oxygen atoms in total. The number of para-hydroxylation sites is 1. The van der Waals surface area contributed by atoms with Crippen molar-refractivity contribution >= 4 is 33.6 Å². The lowest BCUT2D eigenvalue weighted by atomic mass is 10.2. The average Bonchev–Trinajstić information content (AvgIpc) is 2.31. The molecule has 0 bridgehead atoms. The minimum Gasteiger partial charge on any atom is -0.478 e. The molecule has 2 amide bonds. The molecule has 0 spiro atoms. The van der Waals surface area contributed by atoms with E-state index in [1.165, 1.54) is 13.2 Å². The van der Waals surface area contributed by atoms with Crippen molar-refractivity contribution in [3.05, 3.63) is 28.2 Å². The van der Waals surface area contributed by atoms with Crippen molar-refractivity contribution in [3.8, 4) is 0 Å². The summed E-state index contributed by atoms with van der Waals surface area (Å²) in [7, 11) is 1.52. The van der Waals surface area contributed by atoms with Gasteiger partial charge in [0.25, 0.3) is 0 Å². The number of nitrogens with one attached hydrogen (secondary N) is 2. The molecule has 0 saturated carbocycles. The Morgan fingerprint density at radius 3 is 2.78 bits per heavy atom. The van der Waals surface area contributed by atoms with Gasteiger partial charge in [-0.2, -0.15) is 0 Å². The molecule has 0 aliphatic heterocycles. The first-order valence-electron chi connectivity index (χ1n) is 5.12. The fourth-order valence-corrected chi connectivity index (χ4v) is 1.72. The van der Waals surface area contributed by atoms with Crippen LogP contribution in [0.1, 0.15) is 10.4 Å². The van der Waals surface area contributed by atoms with Gasteiger partial charge in [0.15, 0.2) is 0 Å². The quantitative estimate of drug-likeness (QED) is 0.724. The van der Waals surface area contributed by atoms with Crippen molar-refractivity contribution in [1.29, 1.82) is 0 Å². The van der Waals surface area contributed by atoms with Crippen LogP contribution in [0.2, 0.25) is 0 Å². The van der Waals surface area contributed by atoms with Gasteiger partial charge in [-0.05, 0) is 28.1 Å². The van der Waals surface area contributed by atoms with Crippen LogP contribution in [0.4, 0.5) is 10.5 Å². The molecule has 0 aliphatic rings. The summed E-state index contributed by atoms with van der Waals surface area (Å²) in [5, 5.41) is 14.0. The highest BCUT2D eigenvalue weighted by Gasteiger charge is 2.14. The Kier molecular flexibility index (Phi) is 5.60. The van der Waals surface area contributed by atoms with E-state index in [9.17, 15) is 9.59 Å². The van der Waals surface area contributed by atoms with Gasteiger partial charge in [0, 0.05) is 18.1 Å². The molecule has 0 fully saturated rings. The van der Waals surface area contributed by atoms with Gasteiger partial charge >= 0.3 is 12.0 Å². The molecule has 0 unspecified atom stereocenters. The number of carboxylic acid groups (broad SMARTS) is 1. The molecule has 0 atom stereocenters. The second-order valence-electron chi connectivity index (χ2n) is 3.34. The Morgan fingerprint density at radius 2 is 2.17 bits per heavy atom. The number of anilines is 1. The zero-order chi connectivity index (χ0) is 13.5. The van der Waals surface area contributed by atoms with Crippen LogP contribution < -0.4 is 10.6 Å². The number of hydrogen-bond donors (Lipinski definition) is 3. The summed E-state index contributed by atoms with van der Waals surface area (Å²) >= 11 is 3.20. The maximum Gasteiger partial charge on any atom is 0.337 e. The van der Waals surface area contributed by atoms with Gasteiger partial charge < -0.3 is 20.5 Å². The molecule has 98 valence electrons. The number of amides is 2. The number of urea groups is 1. The third kappa shape index (κ3) is 4.01. The van der Waals surface area contributed by atoms with Crippen molar-refractivity contribution in [1.82, 2.24) is 5.32 Å². The lowest BCUT2D eigenvalue weighted by Gasteiger charge is -2.11. The lowest BCUT2D eigenvalue weighted by molar-refractivity contribution is 0.0698. The third-order valence-electron chi connectivity index (χ3n) is 2.07. The molecule has 0 aromatic heterocycles. The summed E-state index contributed by atoms with van der Waals surface area (Å²) in [4.78, 5) is 22.5. The van der Waals surface area contributed by atoms with Crippen LogP contribution in [-0.2, 0) is 4.74 Å². The normalized spacial score (nSPS) is 9.89. The van der Waals surface area contributed by atoms with E-state index in [-0.39, 0.29) is 11.3 Å². The highest BCUT2D eigenvalue weighted by Crippen LogP contribution is 2.26. The second kappa shape index (κ2) is 6.97. The number of carbonyl (C=O) groups is 2. The molecule has 1 aromatic carbocycles. The molecule has 0 radical (unpaired) electrons. The predicted octanol–water partition coefficient (Wildman–Crippen LogP) is 1.92. The topological polar surface area (TPSA) is 87.7 Å². The molecule has 18 heavy (non-hydrogen) atoms. The van der Waals surface area contributed by atoms with E-state index < -0.39 is 12.0 Å². The van der Waals surface area contributed by atoms with Gasteiger partial charge in [-0.1, -0.05) is 6.07 Å². The number of benzene rings is 1. The van der Waals surface area contributed by atoms with Gasteiger partial charge in [-0.3, -0.25) is 0 Å². The summed E-state index contributed by atoms with van der Waals surface area (Å²) in [6, 6.07) is 4.16. The zero-order valence-corrected chi connectivity index (χ0v) is 11.3. The van der Waals surface area contributed by atoms with E-state index in [1.54, 1.807) is 12.1 Å². The van der Waals surface area contributed by atoms with Gasteiger partial charge in [0.1, 0.15) is 0 Å². The van der Waals surface area contributed by atoms with E-state index in [4.69, 9.17) is 9.84 Å². The smallest absolute Gasteiger partial charge is 0.337 e. The van der Waals surface area contributed by atoms with E-state index in [1.807, 2.05) is 0 Å². The Labute approximate surface area is 112 Å². The van der Waals surface area contributed by atoms with Crippen molar-refractivity contribution in [2.24, 2.45) is 0 Å². The Balaban J connectivity index is 2.77. The first kappa shape index (κ1) is 14.5. The fourth-order valence-electron chi connectivity index (χ4n) is 1.25. The fraction of sp³-hybridized carbons (Fsp3) is 0.273. The van der Waals surface area contributed by atoms with Crippen molar-refractivity contribution < 1.29 is 19.4 Å². The SMILES string of the molecule is COCCNC(=O)Nc1c(Br)cccc1C(=O)O. The molecular formula is C11H13BrN2O4. The summed E-state index contributed by atoms with van der Waals surface area (Å²) in [6.45, 7) is 0.727. The standard InChI is InChI=1S/C11H13BrN2O4/c1-18-6-5-13-11(17)14-9-7(10(15)16)3-2-4-8(9)12/h2-4H,5-6H2,1H3,(H,15,16)(H2,13,14,17). The van der Waals surface area contributed by atoms with Crippen LogP contribution >= 0.6 is 15.9 Å². The molecule has 7 heteroatoms. The third-order valence-corrected chi connectivity index (χ3v) is 2.74. The first-order valence-corrected chi connectivity index (χ1v) is 5.91. The summed E-state index contributed by atoms with van der Waals surface area (Å²) in [5.74, 6) is -1.11. The van der Waals surface area contributed by atoms with Gasteiger partial charge in [-0.25, -0.2) is 9.59 Å². The number of ether oxygens (including phenoxy) is 1. The van der Waals surface area contributed by atoms with E-state index in [2.05, 4.69) is 26.6 Å². The number of aromatic carboxylic acids is 1. The number of rotatable bonds is 5. The number of methoxy groups -OCH3 is 1. The predicted molar refractivity (Wildman–Crippen MR) is 70.0 cm³/mol. The van der Waals surface area contributed by atoms with E-state index in [0.717, 1.165) is 0 Å². The summed E-state index contributed by atoms with van der Waals surface area (Å²) < 4.78 is 5.29. The number of halogens is 1. The molecule has 1 aromatic rings. The zero-order valence-electron chi connectivity index (χ0n) is 9.70. The summed E-state index contributed by atoms with van der Waals surface area (Å²) in [6.07, 6.45) is 0. The molecule has 0 saturated heterocycles. The monoisotopic (exact) mass is 316 g/mol. The highest BCUT2D eigenvalue weighted by molar-refractivity contribution is 9.10. The molecule has 0 heterocycles. The number of carbonyl (C=O) groups excluding carboxylic acids is 1. The van der Waals surface area contributed by atoms with Crippen LogP contribution in [0.3, 0.4) is 0 Å². The van der Waals surface area contributed by atoms with Crippen LogP contribution in [0.5, 0.6) is 0 Å². The molecule has 3 N–H and O–H groups in total. The van der Waals surface area contributed by atoms with Crippen molar-refractivity contribution in [3.63, 3.8) is 0 Å². The minimum absolute atomic E-state index is 0.0197. The van der Waals surface area contributed by atoms with Crippen LogP contribution in [0.15, 0.2) is 22.7 Å². The van der Waals surface area contributed by atoms with Gasteiger partial charge in [0.2, 0.25) is 0 Å². The average molecular weight is 317 g/mol. The largest absolute Gasteiger partial charge is 0.478 e. The Bertz CT molecular complexity index is 451. The number of hydrogen-bond acceptors (Lipinski definition) is 3. The number of carboxylic acids is 1. The van der Waals surface area contributed by atoms with E-state index >= 15 is 0 Å². The van der Waals surface area contributed by atoms with Crippen molar-refractivity contribution in [2.45, 2.75) is 0 Å². The molecule has 0 aliphatic carbocycles. The summed E-state index contributed by atoms with van der Waals surface area (Å²) in [5.41, 5.74) is 0.242. The Hall–Kier alpha value is -1.60. The van der Waals surface area contributed by atoms with Crippen LogP contribution in [0.25, 0.3) is 0 Å².